The van der Waals surface area contributed by atoms with Gasteiger partial charge in [0.05, 0.1) is 29.4 Å². The first kappa shape index (κ1) is 23.3. The predicted octanol–water partition coefficient (Wildman–Crippen LogP) is 3.67. The van der Waals surface area contributed by atoms with E-state index in [2.05, 4.69) is 4.98 Å². The SMILES string of the molecule is CCOC(=O)c1nc(C)n(-c2ccc([N+](=O)[O-])cc2C(=O)c2ccccc2)c1C(=O)OCC. The lowest BCUT2D eigenvalue weighted by Gasteiger charge is -2.14. The maximum atomic E-state index is 13.3. The molecule has 0 aliphatic heterocycles. The molecule has 0 aliphatic rings. The molecule has 3 aromatic rings. The van der Waals surface area contributed by atoms with Gasteiger partial charge in [-0.15, -0.1) is 0 Å². The summed E-state index contributed by atoms with van der Waals surface area (Å²) in [6, 6.07) is 11.9. The topological polar surface area (TPSA) is 131 Å². The van der Waals surface area contributed by atoms with E-state index in [0.717, 1.165) is 6.07 Å². The first-order valence-corrected chi connectivity index (χ1v) is 10.1. The monoisotopic (exact) mass is 451 g/mol. The number of ketones is 1. The number of aryl methyl sites for hydroxylation is 1. The van der Waals surface area contributed by atoms with Crippen LogP contribution < -0.4 is 0 Å². The van der Waals surface area contributed by atoms with Gasteiger partial charge < -0.3 is 9.47 Å². The molecular formula is C23H21N3O7. The molecule has 0 bridgehead atoms. The Morgan fingerprint density at radius 1 is 1.00 bits per heavy atom. The minimum absolute atomic E-state index is 0.0292. The first-order valence-electron chi connectivity index (χ1n) is 10.1. The van der Waals surface area contributed by atoms with E-state index in [1.165, 1.54) is 23.6 Å². The van der Waals surface area contributed by atoms with Crippen LogP contribution in [0.3, 0.4) is 0 Å². The van der Waals surface area contributed by atoms with Crippen LogP contribution in [0.25, 0.3) is 5.69 Å². The number of carbonyl (C=O) groups is 3. The fourth-order valence-corrected chi connectivity index (χ4v) is 3.32. The molecule has 10 heteroatoms. The number of non-ortho nitro benzene ring substituents is 1. The minimum Gasteiger partial charge on any atom is -0.461 e. The standard InChI is InChI=1S/C23H21N3O7/c1-4-32-22(28)19-20(23(29)33-5-2)25(14(3)24-19)18-12-11-16(26(30)31)13-17(18)21(27)15-9-7-6-8-10-15/h6-13H,4-5H2,1-3H3. The average Bonchev–Trinajstić information content (AvgIpc) is 3.16. The number of nitrogens with zero attached hydrogens (tertiary/aromatic N) is 3. The summed E-state index contributed by atoms with van der Waals surface area (Å²) >= 11 is 0. The highest BCUT2D eigenvalue weighted by Gasteiger charge is 2.31. The van der Waals surface area contributed by atoms with Crippen LogP contribution in [-0.2, 0) is 9.47 Å². The van der Waals surface area contributed by atoms with Crippen LogP contribution in [0, 0.1) is 17.0 Å². The highest BCUT2D eigenvalue weighted by Crippen LogP contribution is 2.28. The predicted molar refractivity (Wildman–Crippen MR) is 117 cm³/mol. The van der Waals surface area contributed by atoms with Gasteiger partial charge in [0.2, 0.25) is 0 Å². The van der Waals surface area contributed by atoms with Crippen LogP contribution in [0.15, 0.2) is 48.5 Å². The van der Waals surface area contributed by atoms with Gasteiger partial charge in [0, 0.05) is 17.7 Å². The second kappa shape index (κ2) is 9.86. The molecule has 0 saturated carbocycles. The van der Waals surface area contributed by atoms with Crippen LogP contribution in [0.4, 0.5) is 5.69 Å². The number of nitro benzene ring substituents is 1. The molecule has 0 radical (unpaired) electrons. The van der Waals surface area contributed by atoms with Crippen molar-refractivity contribution in [3.05, 3.63) is 87.0 Å². The molecule has 33 heavy (non-hydrogen) atoms. The molecule has 2 aromatic carbocycles. The van der Waals surface area contributed by atoms with E-state index in [0.29, 0.717) is 5.56 Å². The number of hydrogen-bond acceptors (Lipinski definition) is 8. The van der Waals surface area contributed by atoms with Crippen molar-refractivity contribution >= 4 is 23.4 Å². The van der Waals surface area contributed by atoms with E-state index in [-0.39, 0.29) is 47.4 Å². The number of carbonyl (C=O) groups excluding carboxylic acids is 3. The Kier molecular flexibility index (Phi) is 6.97. The number of aromatic nitrogens is 2. The number of hydrogen-bond donors (Lipinski definition) is 0. The number of esters is 2. The molecule has 0 unspecified atom stereocenters. The van der Waals surface area contributed by atoms with E-state index in [9.17, 15) is 24.5 Å². The molecule has 0 amide bonds. The fraction of sp³-hybridized carbons (Fsp3) is 0.217. The third-order valence-corrected chi connectivity index (χ3v) is 4.70. The average molecular weight is 451 g/mol. The maximum absolute atomic E-state index is 13.3. The summed E-state index contributed by atoms with van der Waals surface area (Å²) in [5, 5.41) is 11.4. The molecule has 10 nitrogen and oxygen atoms in total. The highest BCUT2D eigenvalue weighted by atomic mass is 16.6. The zero-order valence-corrected chi connectivity index (χ0v) is 18.2. The quantitative estimate of drug-likeness (QED) is 0.219. The molecule has 3 rings (SSSR count). The summed E-state index contributed by atoms with van der Waals surface area (Å²) in [5.74, 6) is -2.00. The van der Waals surface area contributed by atoms with E-state index in [4.69, 9.17) is 9.47 Å². The Labute approximate surface area is 188 Å². The van der Waals surface area contributed by atoms with Crippen molar-refractivity contribution in [3.8, 4) is 5.69 Å². The largest absolute Gasteiger partial charge is 0.461 e. The Bertz CT molecular complexity index is 1230. The maximum Gasteiger partial charge on any atom is 0.359 e. The van der Waals surface area contributed by atoms with Gasteiger partial charge in [-0.05, 0) is 26.8 Å². The van der Waals surface area contributed by atoms with Gasteiger partial charge in [0.15, 0.2) is 17.2 Å². The number of benzene rings is 2. The number of imidazole rings is 1. The van der Waals surface area contributed by atoms with Crippen LogP contribution in [0.1, 0.15) is 56.6 Å². The lowest BCUT2D eigenvalue weighted by atomic mass is 10.0. The van der Waals surface area contributed by atoms with Gasteiger partial charge >= 0.3 is 11.9 Å². The van der Waals surface area contributed by atoms with Crippen molar-refractivity contribution in [1.82, 2.24) is 9.55 Å². The first-order chi connectivity index (χ1) is 15.8. The molecule has 0 spiro atoms. The van der Waals surface area contributed by atoms with Crippen molar-refractivity contribution in [2.45, 2.75) is 20.8 Å². The molecule has 0 N–H and O–H groups in total. The minimum atomic E-state index is -0.849. The fourth-order valence-electron chi connectivity index (χ4n) is 3.32. The zero-order valence-electron chi connectivity index (χ0n) is 18.2. The third kappa shape index (κ3) is 4.64. The van der Waals surface area contributed by atoms with Gasteiger partial charge in [-0.2, -0.15) is 0 Å². The van der Waals surface area contributed by atoms with Crippen LogP contribution in [0.5, 0.6) is 0 Å². The third-order valence-electron chi connectivity index (χ3n) is 4.70. The van der Waals surface area contributed by atoms with E-state index in [1.54, 1.807) is 44.2 Å². The Balaban J connectivity index is 2.32. The van der Waals surface area contributed by atoms with Crippen molar-refractivity contribution in [1.29, 1.82) is 0 Å². The second-order valence-electron chi connectivity index (χ2n) is 6.79. The normalized spacial score (nSPS) is 10.5. The molecule has 0 fully saturated rings. The van der Waals surface area contributed by atoms with Crippen molar-refractivity contribution in [3.63, 3.8) is 0 Å². The molecule has 0 atom stereocenters. The van der Waals surface area contributed by atoms with Gasteiger partial charge in [-0.3, -0.25) is 19.5 Å². The molecule has 1 aromatic heterocycles. The summed E-state index contributed by atoms with van der Waals surface area (Å²) in [4.78, 5) is 53.6. The summed E-state index contributed by atoms with van der Waals surface area (Å²) < 4.78 is 11.4. The summed E-state index contributed by atoms with van der Waals surface area (Å²) in [6.45, 7) is 4.83. The smallest absolute Gasteiger partial charge is 0.359 e. The van der Waals surface area contributed by atoms with Gasteiger partial charge in [0.1, 0.15) is 5.82 Å². The van der Waals surface area contributed by atoms with Gasteiger partial charge in [-0.25, -0.2) is 14.6 Å². The van der Waals surface area contributed by atoms with Crippen LogP contribution >= 0.6 is 0 Å². The number of rotatable bonds is 8. The lowest BCUT2D eigenvalue weighted by molar-refractivity contribution is -0.384. The molecule has 0 aliphatic carbocycles. The lowest BCUT2D eigenvalue weighted by Crippen LogP contribution is -2.19. The van der Waals surface area contributed by atoms with Crippen molar-refractivity contribution in [2.24, 2.45) is 0 Å². The Morgan fingerprint density at radius 3 is 2.24 bits per heavy atom. The summed E-state index contributed by atoms with van der Waals surface area (Å²) in [5.41, 5.74) is -0.428. The second-order valence-corrected chi connectivity index (χ2v) is 6.79. The van der Waals surface area contributed by atoms with Gasteiger partial charge in [-0.1, -0.05) is 30.3 Å². The van der Waals surface area contributed by atoms with E-state index >= 15 is 0 Å². The highest BCUT2D eigenvalue weighted by molar-refractivity contribution is 6.12. The van der Waals surface area contributed by atoms with Crippen LogP contribution in [-0.4, -0.2) is 45.4 Å². The molecule has 1 heterocycles. The molecule has 0 saturated heterocycles. The summed E-state index contributed by atoms with van der Waals surface area (Å²) in [6.07, 6.45) is 0. The van der Waals surface area contributed by atoms with Crippen molar-refractivity contribution in [2.75, 3.05) is 13.2 Å². The van der Waals surface area contributed by atoms with Gasteiger partial charge in [0.25, 0.3) is 5.69 Å². The molecular weight excluding hydrogens is 430 g/mol. The zero-order chi connectivity index (χ0) is 24.1. The van der Waals surface area contributed by atoms with E-state index < -0.39 is 22.6 Å². The van der Waals surface area contributed by atoms with Crippen LogP contribution in [0.2, 0.25) is 0 Å². The van der Waals surface area contributed by atoms with E-state index in [1.807, 2.05) is 0 Å². The Morgan fingerprint density at radius 2 is 1.64 bits per heavy atom. The molecule has 170 valence electrons. The number of nitro groups is 1. The Hall–Kier alpha value is -4.34. The van der Waals surface area contributed by atoms with Crippen molar-refractivity contribution < 1.29 is 28.8 Å². The number of ether oxygens (including phenoxy) is 2. The summed E-state index contributed by atoms with van der Waals surface area (Å²) in [7, 11) is 0.